The predicted octanol–water partition coefficient (Wildman–Crippen LogP) is 3.05. The predicted molar refractivity (Wildman–Crippen MR) is 130 cm³/mol. The summed E-state index contributed by atoms with van der Waals surface area (Å²) < 4.78 is 5.32. The van der Waals surface area contributed by atoms with Crippen molar-refractivity contribution in [2.24, 2.45) is 5.92 Å². The molecule has 1 amide bonds. The van der Waals surface area contributed by atoms with E-state index < -0.39 is 6.09 Å². The molecular formula is C24H34N8O2. The van der Waals surface area contributed by atoms with Crippen LogP contribution in [0.4, 0.5) is 22.4 Å². The first-order valence-electron chi connectivity index (χ1n) is 12.3. The SMILES string of the molecule is CC(C)[C@H]1COC(=O)N1c1nc(N[C@@H](C)c2ccc(N3CCN(C)CC3)cn2)nc(C2CC2)n1. The van der Waals surface area contributed by atoms with Crippen LogP contribution < -0.4 is 15.1 Å². The molecular weight excluding hydrogens is 432 g/mol. The number of hydrogen-bond donors (Lipinski definition) is 1. The molecule has 3 aliphatic rings. The second-order valence-corrected chi connectivity index (χ2v) is 9.95. The van der Waals surface area contributed by atoms with Crippen LogP contribution >= 0.6 is 0 Å². The van der Waals surface area contributed by atoms with Gasteiger partial charge in [0.1, 0.15) is 12.4 Å². The summed E-state index contributed by atoms with van der Waals surface area (Å²) in [6.45, 7) is 10.7. The molecule has 0 radical (unpaired) electrons. The van der Waals surface area contributed by atoms with Crippen molar-refractivity contribution in [1.82, 2.24) is 24.8 Å². The highest BCUT2D eigenvalue weighted by atomic mass is 16.6. The van der Waals surface area contributed by atoms with Gasteiger partial charge >= 0.3 is 6.09 Å². The number of aromatic nitrogens is 4. The van der Waals surface area contributed by atoms with Gasteiger partial charge in [0.15, 0.2) is 0 Å². The van der Waals surface area contributed by atoms with E-state index in [1.807, 2.05) is 13.1 Å². The van der Waals surface area contributed by atoms with Crippen LogP contribution in [0.3, 0.4) is 0 Å². The van der Waals surface area contributed by atoms with Gasteiger partial charge in [-0.25, -0.2) is 9.69 Å². The minimum atomic E-state index is -0.396. The van der Waals surface area contributed by atoms with Crippen molar-refractivity contribution >= 4 is 23.7 Å². The fourth-order valence-corrected chi connectivity index (χ4v) is 4.41. The van der Waals surface area contributed by atoms with Crippen molar-refractivity contribution in [3.05, 3.63) is 29.8 Å². The van der Waals surface area contributed by atoms with Crippen LogP contribution in [0.15, 0.2) is 18.3 Å². The summed E-state index contributed by atoms with van der Waals surface area (Å²) in [6, 6.07) is 4.00. The zero-order chi connectivity index (χ0) is 23.8. The largest absolute Gasteiger partial charge is 0.447 e. The minimum absolute atomic E-state index is 0.0870. The molecule has 0 aromatic carbocycles. The number of hydrogen-bond acceptors (Lipinski definition) is 9. The van der Waals surface area contributed by atoms with Crippen molar-refractivity contribution in [3.63, 3.8) is 0 Å². The standard InChI is InChI=1S/C24H34N8O2/c1-15(2)20-14-34-24(33)32(20)23-28-21(17-5-6-17)27-22(29-23)26-16(3)19-8-7-18(13-25-19)31-11-9-30(4)10-12-31/h7-8,13,15-17,20H,5-6,9-12,14H2,1-4H3,(H,26,27,28,29)/t16-,20+/m0/s1. The van der Waals surface area contributed by atoms with E-state index in [2.05, 4.69) is 63.1 Å². The number of nitrogens with zero attached hydrogens (tertiary/aromatic N) is 7. The number of carbonyl (C=O) groups is 1. The van der Waals surface area contributed by atoms with E-state index in [1.54, 1.807) is 4.90 Å². The Bertz CT molecular complexity index is 1020. The number of likely N-dealkylation sites (N-methyl/N-ethyl adjacent to an activating group) is 1. The van der Waals surface area contributed by atoms with Gasteiger partial charge in [-0.2, -0.15) is 15.0 Å². The first-order chi connectivity index (χ1) is 16.4. The molecule has 182 valence electrons. The highest BCUT2D eigenvalue weighted by molar-refractivity contribution is 5.88. The highest BCUT2D eigenvalue weighted by Gasteiger charge is 2.39. The Morgan fingerprint density at radius 1 is 1.06 bits per heavy atom. The Morgan fingerprint density at radius 3 is 2.47 bits per heavy atom. The normalized spacial score (nSPS) is 22.3. The number of carbonyl (C=O) groups excluding carboxylic acids is 1. The summed E-state index contributed by atoms with van der Waals surface area (Å²) in [6.07, 6.45) is 3.67. The molecule has 10 heteroatoms. The van der Waals surface area contributed by atoms with E-state index >= 15 is 0 Å². The summed E-state index contributed by atoms with van der Waals surface area (Å²) in [4.78, 5) is 37.4. The topological polar surface area (TPSA) is 99.6 Å². The Hall–Kier alpha value is -3.01. The van der Waals surface area contributed by atoms with E-state index in [1.165, 1.54) is 0 Å². The summed E-state index contributed by atoms with van der Waals surface area (Å²) in [7, 11) is 2.16. The van der Waals surface area contributed by atoms with E-state index in [9.17, 15) is 4.79 Å². The van der Waals surface area contributed by atoms with Crippen LogP contribution in [0.5, 0.6) is 0 Å². The molecule has 4 heterocycles. The van der Waals surface area contributed by atoms with Crippen molar-refractivity contribution in [1.29, 1.82) is 0 Å². The van der Waals surface area contributed by atoms with Gasteiger partial charge in [0.2, 0.25) is 11.9 Å². The number of rotatable bonds is 7. The molecule has 2 saturated heterocycles. The second-order valence-electron chi connectivity index (χ2n) is 9.95. The van der Waals surface area contributed by atoms with Gasteiger partial charge in [-0.15, -0.1) is 0 Å². The Kier molecular flexibility index (Phi) is 6.24. The van der Waals surface area contributed by atoms with Crippen LogP contribution in [0.1, 0.15) is 57.1 Å². The zero-order valence-electron chi connectivity index (χ0n) is 20.4. The Labute approximate surface area is 200 Å². The number of pyridine rings is 1. The first kappa shape index (κ1) is 22.8. The molecule has 2 aromatic heterocycles. The summed E-state index contributed by atoms with van der Waals surface area (Å²) >= 11 is 0. The molecule has 1 N–H and O–H groups in total. The molecule has 0 spiro atoms. The maximum Gasteiger partial charge on any atom is 0.417 e. The van der Waals surface area contributed by atoms with Crippen molar-refractivity contribution in [2.45, 2.75) is 51.6 Å². The lowest BCUT2D eigenvalue weighted by Gasteiger charge is -2.33. The van der Waals surface area contributed by atoms with E-state index in [4.69, 9.17) is 9.72 Å². The quantitative estimate of drug-likeness (QED) is 0.660. The number of piperazine rings is 1. The average molecular weight is 467 g/mol. The maximum absolute atomic E-state index is 12.5. The lowest BCUT2D eigenvalue weighted by Crippen LogP contribution is -2.44. The smallest absolute Gasteiger partial charge is 0.417 e. The van der Waals surface area contributed by atoms with Gasteiger partial charge in [0, 0.05) is 32.1 Å². The summed E-state index contributed by atoms with van der Waals surface area (Å²) in [5, 5.41) is 3.39. The van der Waals surface area contributed by atoms with Crippen LogP contribution in [0.2, 0.25) is 0 Å². The van der Waals surface area contributed by atoms with Crippen LogP contribution in [0, 0.1) is 5.92 Å². The monoisotopic (exact) mass is 466 g/mol. The molecule has 1 saturated carbocycles. The van der Waals surface area contributed by atoms with Gasteiger partial charge in [0.25, 0.3) is 0 Å². The van der Waals surface area contributed by atoms with E-state index in [-0.39, 0.29) is 18.0 Å². The molecule has 10 nitrogen and oxygen atoms in total. The van der Waals surface area contributed by atoms with Gasteiger partial charge < -0.3 is 19.9 Å². The third kappa shape index (κ3) is 4.77. The van der Waals surface area contributed by atoms with Crippen molar-refractivity contribution < 1.29 is 9.53 Å². The fraction of sp³-hybridized carbons (Fsp3) is 0.625. The molecule has 3 fully saturated rings. The van der Waals surface area contributed by atoms with Gasteiger partial charge in [-0.3, -0.25) is 4.98 Å². The van der Waals surface area contributed by atoms with Crippen LogP contribution in [-0.4, -0.2) is 76.8 Å². The molecule has 2 aliphatic heterocycles. The summed E-state index contributed by atoms with van der Waals surface area (Å²) in [5.74, 6) is 2.12. The first-order valence-corrected chi connectivity index (χ1v) is 12.3. The van der Waals surface area contributed by atoms with Crippen molar-refractivity contribution in [2.75, 3.05) is 55.0 Å². The molecule has 34 heavy (non-hydrogen) atoms. The average Bonchev–Trinajstić information content (AvgIpc) is 3.61. The lowest BCUT2D eigenvalue weighted by atomic mass is 10.1. The van der Waals surface area contributed by atoms with Crippen molar-refractivity contribution in [3.8, 4) is 0 Å². The maximum atomic E-state index is 12.5. The summed E-state index contributed by atoms with van der Waals surface area (Å²) in [5.41, 5.74) is 2.06. The number of cyclic esters (lactones) is 1. The number of nitrogens with one attached hydrogen (secondary N) is 1. The van der Waals surface area contributed by atoms with Gasteiger partial charge in [0.05, 0.1) is 29.7 Å². The Balaban J connectivity index is 1.34. The zero-order valence-corrected chi connectivity index (χ0v) is 20.4. The molecule has 1 aliphatic carbocycles. The van der Waals surface area contributed by atoms with Crippen LogP contribution in [-0.2, 0) is 4.74 Å². The van der Waals surface area contributed by atoms with E-state index in [0.717, 1.165) is 56.2 Å². The highest BCUT2D eigenvalue weighted by Crippen LogP contribution is 2.39. The minimum Gasteiger partial charge on any atom is -0.447 e. The molecule has 2 aromatic rings. The number of amides is 1. The molecule has 5 rings (SSSR count). The van der Waals surface area contributed by atoms with Gasteiger partial charge in [-0.05, 0) is 44.9 Å². The number of anilines is 3. The third-order valence-corrected chi connectivity index (χ3v) is 6.90. The molecule has 0 bridgehead atoms. The van der Waals surface area contributed by atoms with Gasteiger partial charge in [-0.1, -0.05) is 13.8 Å². The van der Waals surface area contributed by atoms with E-state index in [0.29, 0.717) is 24.4 Å². The fourth-order valence-electron chi connectivity index (χ4n) is 4.41. The lowest BCUT2D eigenvalue weighted by molar-refractivity contribution is 0.177. The molecule has 0 unspecified atom stereocenters. The number of ether oxygens (including phenoxy) is 1. The molecule has 2 atom stereocenters. The van der Waals surface area contributed by atoms with Crippen LogP contribution in [0.25, 0.3) is 0 Å². The Morgan fingerprint density at radius 2 is 1.82 bits per heavy atom. The third-order valence-electron chi connectivity index (χ3n) is 6.90. The second kappa shape index (κ2) is 9.32.